The van der Waals surface area contributed by atoms with Crippen molar-refractivity contribution < 1.29 is 14.6 Å². The lowest BCUT2D eigenvalue weighted by Gasteiger charge is -2.12. The first-order chi connectivity index (χ1) is 15.8. The maximum atomic E-state index is 9.93. The Bertz CT molecular complexity index is 477. The van der Waals surface area contributed by atoms with Crippen LogP contribution < -0.4 is 0 Å². The Kier molecular flexibility index (Phi) is 21.2. The van der Waals surface area contributed by atoms with Crippen molar-refractivity contribution in [3.8, 4) is 0 Å². The largest absolute Gasteiger partial charge is 0.388 e. The van der Waals surface area contributed by atoms with Gasteiger partial charge >= 0.3 is 0 Å². The normalized spacial score (nSPS) is 12.3. The van der Waals surface area contributed by atoms with E-state index >= 15 is 0 Å². The van der Waals surface area contributed by atoms with Gasteiger partial charge in [0.15, 0.2) is 0 Å². The van der Waals surface area contributed by atoms with Crippen LogP contribution in [0.15, 0.2) is 30.3 Å². The highest BCUT2D eigenvalue weighted by molar-refractivity contribution is 5.14. The molecule has 1 rings (SSSR count). The zero-order chi connectivity index (χ0) is 23.0. The van der Waals surface area contributed by atoms with Crippen molar-refractivity contribution in [1.29, 1.82) is 0 Å². The maximum absolute atomic E-state index is 9.93. The van der Waals surface area contributed by atoms with Crippen LogP contribution in [-0.2, 0) is 15.9 Å². The molecule has 0 amide bonds. The van der Waals surface area contributed by atoms with Crippen LogP contribution in [0.1, 0.15) is 115 Å². The van der Waals surface area contributed by atoms with Gasteiger partial charge in [0.05, 0.1) is 19.8 Å². The standard InChI is InChI=1S/C29H52O3/c1-2-3-4-5-6-7-8-9-10-11-12-13-14-15-16-20-24-31-26-29(30)27-32-25-23-28-21-18-17-19-22-28/h17-19,21-22,29-30H,2-16,20,23-27H2,1H3. The fraction of sp³-hybridized carbons (Fsp3) is 0.793. The zero-order valence-electron chi connectivity index (χ0n) is 21.1. The lowest BCUT2D eigenvalue weighted by molar-refractivity contribution is -0.0188. The van der Waals surface area contributed by atoms with Gasteiger partial charge in [-0.05, 0) is 18.4 Å². The van der Waals surface area contributed by atoms with E-state index in [-0.39, 0.29) is 0 Å². The van der Waals surface area contributed by atoms with Crippen LogP contribution in [0, 0.1) is 0 Å². The van der Waals surface area contributed by atoms with E-state index in [0.717, 1.165) is 19.4 Å². The average Bonchev–Trinajstić information content (AvgIpc) is 2.82. The predicted octanol–water partition coefficient (Wildman–Crippen LogP) is 7.88. The summed E-state index contributed by atoms with van der Waals surface area (Å²) in [7, 11) is 0. The summed E-state index contributed by atoms with van der Waals surface area (Å²) in [6.45, 7) is 4.41. The molecule has 3 heteroatoms. The Labute approximate surface area is 199 Å². The summed E-state index contributed by atoms with van der Waals surface area (Å²) in [4.78, 5) is 0. The number of hydrogen-bond acceptors (Lipinski definition) is 3. The highest BCUT2D eigenvalue weighted by atomic mass is 16.5. The summed E-state index contributed by atoms with van der Waals surface area (Å²) in [6, 6.07) is 10.3. The second kappa shape index (κ2) is 23.3. The van der Waals surface area contributed by atoms with Gasteiger partial charge in [-0.3, -0.25) is 0 Å². The summed E-state index contributed by atoms with van der Waals surface area (Å²) in [6.07, 6.45) is 22.4. The molecule has 0 heterocycles. The highest BCUT2D eigenvalue weighted by Crippen LogP contribution is 2.13. The number of aliphatic hydroxyl groups excluding tert-OH is 1. The van der Waals surface area contributed by atoms with Gasteiger partial charge in [-0.15, -0.1) is 0 Å². The molecular weight excluding hydrogens is 396 g/mol. The van der Waals surface area contributed by atoms with Gasteiger partial charge in [-0.1, -0.05) is 134 Å². The molecule has 1 N–H and O–H groups in total. The molecule has 0 saturated carbocycles. The van der Waals surface area contributed by atoms with Gasteiger partial charge in [0.25, 0.3) is 0 Å². The van der Waals surface area contributed by atoms with E-state index in [1.54, 1.807) is 0 Å². The van der Waals surface area contributed by atoms with E-state index in [1.165, 1.54) is 102 Å². The van der Waals surface area contributed by atoms with E-state index in [0.29, 0.717) is 19.8 Å². The van der Waals surface area contributed by atoms with Crippen LogP contribution in [0.4, 0.5) is 0 Å². The second-order valence-corrected chi connectivity index (χ2v) is 9.34. The molecule has 0 fully saturated rings. The molecule has 0 aromatic heterocycles. The number of aliphatic hydroxyl groups is 1. The summed E-state index contributed by atoms with van der Waals surface area (Å²) in [5.74, 6) is 0. The van der Waals surface area contributed by atoms with Gasteiger partial charge in [-0.2, -0.15) is 0 Å². The smallest absolute Gasteiger partial charge is 0.101 e. The minimum atomic E-state index is -0.521. The van der Waals surface area contributed by atoms with E-state index in [2.05, 4.69) is 19.1 Å². The molecule has 0 saturated heterocycles. The number of hydrogen-bond donors (Lipinski definition) is 1. The molecule has 0 aliphatic carbocycles. The van der Waals surface area contributed by atoms with E-state index in [4.69, 9.17) is 9.47 Å². The third kappa shape index (κ3) is 19.8. The summed E-state index contributed by atoms with van der Waals surface area (Å²) in [5, 5.41) is 9.93. The average molecular weight is 449 g/mol. The van der Waals surface area contributed by atoms with Crippen LogP contribution in [-0.4, -0.2) is 37.6 Å². The monoisotopic (exact) mass is 448 g/mol. The van der Waals surface area contributed by atoms with Crippen LogP contribution in [0.5, 0.6) is 0 Å². The van der Waals surface area contributed by atoms with Gasteiger partial charge in [0.2, 0.25) is 0 Å². The lowest BCUT2D eigenvalue weighted by atomic mass is 10.0. The molecule has 0 aliphatic heterocycles. The molecule has 0 bridgehead atoms. The quantitative estimate of drug-likeness (QED) is 0.163. The third-order valence-electron chi connectivity index (χ3n) is 6.14. The Balaban J connectivity index is 1.71. The SMILES string of the molecule is CCCCCCCCCCCCCCCCCCOCC(O)COCCc1ccccc1. The van der Waals surface area contributed by atoms with Crippen molar-refractivity contribution in [3.05, 3.63) is 35.9 Å². The van der Waals surface area contributed by atoms with Crippen molar-refractivity contribution in [2.75, 3.05) is 26.4 Å². The van der Waals surface area contributed by atoms with E-state index < -0.39 is 6.10 Å². The van der Waals surface area contributed by atoms with E-state index in [9.17, 15) is 5.11 Å². The topological polar surface area (TPSA) is 38.7 Å². The second-order valence-electron chi connectivity index (χ2n) is 9.34. The number of unbranched alkanes of at least 4 members (excludes halogenated alkanes) is 15. The summed E-state index contributed by atoms with van der Waals surface area (Å²) in [5.41, 5.74) is 1.27. The van der Waals surface area contributed by atoms with E-state index in [1.807, 2.05) is 18.2 Å². The Morgan fingerprint density at radius 1 is 0.594 bits per heavy atom. The van der Waals surface area contributed by atoms with Gasteiger partial charge in [0.1, 0.15) is 6.10 Å². The molecule has 0 radical (unpaired) electrons. The fourth-order valence-corrected chi connectivity index (χ4v) is 4.07. The zero-order valence-corrected chi connectivity index (χ0v) is 21.1. The molecule has 3 nitrogen and oxygen atoms in total. The van der Waals surface area contributed by atoms with Crippen LogP contribution in [0.25, 0.3) is 0 Å². The van der Waals surface area contributed by atoms with Crippen molar-refractivity contribution >= 4 is 0 Å². The Hall–Kier alpha value is -0.900. The van der Waals surface area contributed by atoms with Crippen molar-refractivity contribution in [2.45, 2.75) is 122 Å². The van der Waals surface area contributed by atoms with Crippen molar-refractivity contribution in [3.63, 3.8) is 0 Å². The number of rotatable bonds is 24. The molecule has 1 aromatic rings. The first-order valence-electron chi connectivity index (χ1n) is 13.7. The van der Waals surface area contributed by atoms with Crippen LogP contribution in [0.3, 0.4) is 0 Å². The molecule has 1 aromatic carbocycles. The third-order valence-corrected chi connectivity index (χ3v) is 6.14. The molecule has 0 aliphatic rings. The summed E-state index contributed by atoms with van der Waals surface area (Å²) >= 11 is 0. The molecule has 1 atom stereocenters. The summed E-state index contributed by atoms with van der Waals surface area (Å²) < 4.78 is 11.2. The maximum Gasteiger partial charge on any atom is 0.101 e. The minimum absolute atomic E-state index is 0.353. The number of ether oxygens (including phenoxy) is 2. The Morgan fingerprint density at radius 2 is 1.03 bits per heavy atom. The minimum Gasteiger partial charge on any atom is -0.388 e. The van der Waals surface area contributed by atoms with Crippen LogP contribution >= 0.6 is 0 Å². The van der Waals surface area contributed by atoms with Crippen molar-refractivity contribution in [2.24, 2.45) is 0 Å². The molecular formula is C29H52O3. The molecule has 1 unspecified atom stereocenters. The molecule has 0 spiro atoms. The Morgan fingerprint density at radius 3 is 1.53 bits per heavy atom. The fourth-order valence-electron chi connectivity index (χ4n) is 4.07. The first-order valence-corrected chi connectivity index (χ1v) is 13.7. The molecule has 32 heavy (non-hydrogen) atoms. The van der Waals surface area contributed by atoms with Gasteiger partial charge in [0, 0.05) is 6.61 Å². The predicted molar refractivity (Wildman–Crippen MR) is 137 cm³/mol. The van der Waals surface area contributed by atoms with Gasteiger partial charge < -0.3 is 14.6 Å². The lowest BCUT2D eigenvalue weighted by Crippen LogP contribution is -2.22. The van der Waals surface area contributed by atoms with Crippen LogP contribution in [0.2, 0.25) is 0 Å². The number of benzene rings is 1. The highest BCUT2D eigenvalue weighted by Gasteiger charge is 2.04. The first kappa shape index (κ1) is 29.1. The molecule has 186 valence electrons. The van der Waals surface area contributed by atoms with Crippen molar-refractivity contribution in [1.82, 2.24) is 0 Å². The van der Waals surface area contributed by atoms with Gasteiger partial charge in [-0.25, -0.2) is 0 Å².